The maximum Gasteiger partial charge on any atom is 0.191 e. The SMILES string of the molecule is CCNC(=NCCc1ccccn1)NC1C2CCOC2C12CCCC2.I. The van der Waals surface area contributed by atoms with E-state index in [0.717, 1.165) is 37.8 Å². The molecular formula is C20H31IN4O. The van der Waals surface area contributed by atoms with Crippen molar-refractivity contribution in [1.82, 2.24) is 15.6 Å². The van der Waals surface area contributed by atoms with Crippen molar-refractivity contribution in [3.63, 3.8) is 0 Å². The number of aliphatic imine (C=N–C) groups is 1. The molecule has 0 aromatic carbocycles. The van der Waals surface area contributed by atoms with Gasteiger partial charge in [0.1, 0.15) is 0 Å². The number of fused-ring (bicyclic) bond motifs is 2. The van der Waals surface area contributed by atoms with Crippen molar-refractivity contribution >= 4 is 29.9 Å². The average Bonchev–Trinajstić information content (AvgIpc) is 3.29. The second-order valence-corrected chi connectivity index (χ2v) is 7.64. The van der Waals surface area contributed by atoms with Crippen molar-refractivity contribution in [3.05, 3.63) is 30.1 Å². The third-order valence-electron chi connectivity index (χ3n) is 6.29. The monoisotopic (exact) mass is 470 g/mol. The fourth-order valence-corrected chi connectivity index (χ4v) is 5.20. The lowest BCUT2D eigenvalue weighted by Crippen LogP contribution is -2.69. The molecule has 144 valence electrons. The summed E-state index contributed by atoms with van der Waals surface area (Å²) >= 11 is 0. The number of hydrogen-bond donors (Lipinski definition) is 2. The van der Waals surface area contributed by atoms with Crippen LogP contribution in [0, 0.1) is 11.3 Å². The molecule has 3 atom stereocenters. The minimum absolute atomic E-state index is 0. The Kier molecular flexibility index (Phi) is 6.77. The van der Waals surface area contributed by atoms with Crippen LogP contribution in [-0.2, 0) is 11.2 Å². The van der Waals surface area contributed by atoms with Gasteiger partial charge in [-0.25, -0.2) is 0 Å². The molecule has 1 spiro atoms. The fraction of sp³-hybridized carbons (Fsp3) is 0.700. The van der Waals surface area contributed by atoms with Crippen molar-refractivity contribution in [2.24, 2.45) is 16.3 Å². The molecule has 0 amide bonds. The molecule has 0 radical (unpaired) electrons. The molecule has 2 heterocycles. The van der Waals surface area contributed by atoms with E-state index in [1.54, 1.807) is 0 Å². The van der Waals surface area contributed by atoms with Crippen LogP contribution >= 0.6 is 24.0 Å². The van der Waals surface area contributed by atoms with Gasteiger partial charge < -0.3 is 15.4 Å². The first kappa shape index (κ1) is 19.9. The third kappa shape index (κ3) is 3.72. The molecule has 1 aromatic heterocycles. The summed E-state index contributed by atoms with van der Waals surface area (Å²) in [5.41, 5.74) is 1.46. The Morgan fingerprint density at radius 2 is 2.19 bits per heavy atom. The zero-order valence-electron chi connectivity index (χ0n) is 15.6. The molecule has 5 nitrogen and oxygen atoms in total. The first-order valence-corrected chi connectivity index (χ1v) is 9.90. The summed E-state index contributed by atoms with van der Waals surface area (Å²) in [5.74, 6) is 1.62. The van der Waals surface area contributed by atoms with Crippen LogP contribution < -0.4 is 10.6 Å². The van der Waals surface area contributed by atoms with Gasteiger partial charge in [-0.3, -0.25) is 9.98 Å². The van der Waals surface area contributed by atoms with Crippen LogP contribution in [0.1, 0.15) is 44.7 Å². The van der Waals surface area contributed by atoms with Crippen molar-refractivity contribution in [3.8, 4) is 0 Å². The molecule has 2 saturated carbocycles. The number of nitrogens with zero attached hydrogens (tertiary/aromatic N) is 2. The molecule has 2 aliphatic carbocycles. The molecule has 4 rings (SSSR count). The largest absolute Gasteiger partial charge is 0.377 e. The quantitative estimate of drug-likeness (QED) is 0.395. The summed E-state index contributed by atoms with van der Waals surface area (Å²) in [6.07, 6.45) is 9.71. The maximum absolute atomic E-state index is 6.09. The Balaban J connectivity index is 0.00000196. The molecule has 0 bridgehead atoms. The molecule has 3 aliphatic rings. The van der Waals surface area contributed by atoms with Gasteiger partial charge in [0, 0.05) is 55.4 Å². The topological polar surface area (TPSA) is 58.5 Å². The van der Waals surface area contributed by atoms with Crippen LogP contribution in [-0.4, -0.2) is 42.8 Å². The van der Waals surface area contributed by atoms with Gasteiger partial charge >= 0.3 is 0 Å². The van der Waals surface area contributed by atoms with Gasteiger partial charge in [-0.1, -0.05) is 18.9 Å². The minimum Gasteiger partial charge on any atom is -0.377 e. The number of guanidine groups is 1. The number of aromatic nitrogens is 1. The Morgan fingerprint density at radius 1 is 1.35 bits per heavy atom. The summed E-state index contributed by atoms with van der Waals surface area (Å²) < 4.78 is 6.09. The Bertz CT molecular complexity index is 603. The predicted octanol–water partition coefficient (Wildman–Crippen LogP) is 3.14. The standard InChI is InChI=1S/C20H30N4O.HI/c1-2-21-19(23-13-8-15-7-3-6-12-22-15)24-17-16-9-14-25-18(16)20(17)10-4-5-11-20;/h3,6-7,12,16-18H,2,4-5,8-11,13-14H2,1H3,(H2,21,23,24);1H. The number of hydrogen-bond acceptors (Lipinski definition) is 3. The minimum atomic E-state index is 0. The first-order chi connectivity index (χ1) is 12.3. The normalized spacial score (nSPS) is 29.0. The lowest BCUT2D eigenvalue weighted by molar-refractivity contribution is -0.125. The molecule has 3 unspecified atom stereocenters. The van der Waals surface area contributed by atoms with Crippen LogP contribution in [0.5, 0.6) is 0 Å². The highest BCUT2D eigenvalue weighted by Gasteiger charge is 2.65. The average molecular weight is 470 g/mol. The van der Waals surface area contributed by atoms with Crippen LogP contribution in [0.25, 0.3) is 0 Å². The smallest absolute Gasteiger partial charge is 0.191 e. The van der Waals surface area contributed by atoms with Gasteiger partial charge in [0.2, 0.25) is 0 Å². The van der Waals surface area contributed by atoms with Crippen molar-refractivity contribution in [2.45, 2.75) is 57.6 Å². The van der Waals surface area contributed by atoms with E-state index in [-0.39, 0.29) is 24.0 Å². The van der Waals surface area contributed by atoms with E-state index >= 15 is 0 Å². The lowest BCUT2D eigenvalue weighted by Gasteiger charge is -2.57. The summed E-state index contributed by atoms with van der Waals surface area (Å²) in [6.45, 7) is 4.71. The number of nitrogens with one attached hydrogen (secondary N) is 2. The van der Waals surface area contributed by atoms with E-state index in [1.165, 1.54) is 32.1 Å². The van der Waals surface area contributed by atoms with Gasteiger partial charge in [-0.05, 0) is 38.3 Å². The van der Waals surface area contributed by atoms with Crippen molar-refractivity contribution in [1.29, 1.82) is 0 Å². The van der Waals surface area contributed by atoms with E-state index < -0.39 is 0 Å². The predicted molar refractivity (Wildman–Crippen MR) is 115 cm³/mol. The highest BCUT2D eigenvalue weighted by molar-refractivity contribution is 14.0. The van der Waals surface area contributed by atoms with Gasteiger partial charge in [0.15, 0.2) is 5.96 Å². The highest BCUT2D eigenvalue weighted by atomic mass is 127. The van der Waals surface area contributed by atoms with E-state index in [4.69, 9.17) is 9.73 Å². The number of rotatable bonds is 5. The molecule has 1 aliphatic heterocycles. The Morgan fingerprint density at radius 3 is 2.92 bits per heavy atom. The molecule has 1 aromatic rings. The van der Waals surface area contributed by atoms with E-state index in [0.29, 0.717) is 23.5 Å². The second kappa shape index (κ2) is 8.87. The summed E-state index contributed by atoms with van der Waals surface area (Å²) in [6, 6.07) is 6.58. The molecule has 1 saturated heterocycles. The van der Waals surface area contributed by atoms with Crippen molar-refractivity contribution in [2.75, 3.05) is 19.7 Å². The van der Waals surface area contributed by atoms with Gasteiger partial charge in [0.25, 0.3) is 0 Å². The fourth-order valence-electron chi connectivity index (χ4n) is 5.20. The van der Waals surface area contributed by atoms with E-state index in [9.17, 15) is 0 Å². The van der Waals surface area contributed by atoms with Crippen LogP contribution in [0.4, 0.5) is 0 Å². The molecular weight excluding hydrogens is 439 g/mol. The van der Waals surface area contributed by atoms with Gasteiger partial charge in [-0.15, -0.1) is 24.0 Å². The van der Waals surface area contributed by atoms with E-state index in [1.807, 2.05) is 18.3 Å². The van der Waals surface area contributed by atoms with Crippen LogP contribution in [0.15, 0.2) is 29.4 Å². The Hall–Kier alpha value is -0.890. The molecule has 26 heavy (non-hydrogen) atoms. The molecule has 2 N–H and O–H groups in total. The number of pyridine rings is 1. The van der Waals surface area contributed by atoms with Crippen LogP contribution in [0.2, 0.25) is 0 Å². The number of halogens is 1. The zero-order valence-corrected chi connectivity index (χ0v) is 17.9. The first-order valence-electron chi connectivity index (χ1n) is 9.90. The molecule has 6 heteroatoms. The van der Waals surface area contributed by atoms with Crippen molar-refractivity contribution < 1.29 is 4.74 Å². The maximum atomic E-state index is 6.09. The lowest BCUT2D eigenvalue weighted by atomic mass is 9.54. The second-order valence-electron chi connectivity index (χ2n) is 7.64. The summed E-state index contributed by atoms with van der Waals surface area (Å²) in [7, 11) is 0. The highest BCUT2D eigenvalue weighted by Crippen LogP contribution is 2.60. The van der Waals surface area contributed by atoms with E-state index in [2.05, 4.69) is 28.6 Å². The summed E-state index contributed by atoms with van der Waals surface area (Å²) in [5, 5.41) is 7.22. The zero-order chi connectivity index (χ0) is 17.1. The third-order valence-corrected chi connectivity index (χ3v) is 6.29. The van der Waals surface area contributed by atoms with Gasteiger partial charge in [-0.2, -0.15) is 0 Å². The number of ether oxygens (including phenoxy) is 1. The Labute approximate surface area is 173 Å². The summed E-state index contributed by atoms with van der Waals surface area (Å²) in [4.78, 5) is 9.20. The van der Waals surface area contributed by atoms with Gasteiger partial charge in [0.05, 0.1) is 6.10 Å². The van der Waals surface area contributed by atoms with Crippen LogP contribution in [0.3, 0.4) is 0 Å². The molecule has 3 fully saturated rings.